The number of hydrogen-bond acceptors (Lipinski definition) is 3. The highest BCUT2D eigenvalue weighted by atomic mass is 32.2. The Balaban J connectivity index is 2.44. The van der Waals surface area contributed by atoms with Crippen LogP contribution in [0.15, 0.2) is 17.0 Å². The lowest BCUT2D eigenvalue weighted by Gasteiger charge is -2.20. The molecule has 1 aliphatic carbocycles. The van der Waals surface area contributed by atoms with E-state index >= 15 is 0 Å². The Morgan fingerprint density at radius 3 is 2.19 bits per heavy atom. The van der Waals surface area contributed by atoms with Crippen LogP contribution in [0.1, 0.15) is 12.8 Å². The number of aliphatic carboxylic acids is 1. The van der Waals surface area contributed by atoms with Crippen molar-refractivity contribution >= 4 is 16.0 Å². The van der Waals surface area contributed by atoms with Gasteiger partial charge in [0, 0.05) is 18.7 Å². The van der Waals surface area contributed by atoms with E-state index in [2.05, 4.69) is 0 Å². The van der Waals surface area contributed by atoms with Crippen LogP contribution in [0, 0.1) is 23.4 Å². The quantitative estimate of drug-likeness (QED) is 0.863. The SMILES string of the molecule is O=C(O)CN(CC1CC1)S(=O)(=O)c1c(F)cc(F)cc1F. The van der Waals surface area contributed by atoms with Crippen molar-refractivity contribution in [3.8, 4) is 0 Å². The molecule has 116 valence electrons. The lowest BCUT2D eigenvalue weighted by atomic mass is 10.3. The maximum Gasteiger partial charge on any atom is 0.318 e. The predicted molar refractivity (Wildman–Crippen MR) is 65.4 cm³/mol. The van der Waals surface area contributed by atoms with Crippen LogP contribution in [0.5, 0.6) is 0 Å². The molecule has 0 radical (unpaired) electrons. The zero-order valence-corrected chi connectivity index (χ0v) is 11.5. The Hall–Kier alpha value is -1.61. The molecule has 5 nitrogen and oxygen atoms in total. The maximum absolute atomic E-state index is 13.6. The van der Waals surface area contributed by atoms with Gasteiger partial charge in [0.1, 0.15) is 24.0 Å². The van der Waals surface area contributed by atoms with Crippen LogP contribution in [-0.2, 0) is 14.8 Å². The monoisotopic (exact) mass is 323 g/mol. The molecule has 0 bridgehead atoms. The summed E-state index contributed by atoms with van der Waals surface area (Å²) in [6.45, 7) is -1.04. The molecule has 0 atom stereocenters. The van der Waals surface area contributed by atoms with Gasteiger partial charge >= 0.3 is 5.97 Å². The summed E-state index contributed by atoms with van der Waals surface area (Å²) in [5, 5.41) is 8.76. The van der Waals surface area contributed by atoms with Gasteiger partial charge in [0.05, 0.1) is 0 Å². The fourth-order valence-electron chi connectivity index (χ4n) is 1.89. The Morgan fingerprint density at radius 2 is 1.76 bits per heavy atom. The van der Waals surface area contributed by atoms with Crippen molar-refractivity contribution in [1.29, 1.82) is 0 Å². The lowest BCUT2D eigenvalue weighted by Crippen LogP contribution is -2.38. The van der Waals surface area contributed by atoms with Crippen molar-refractivity contribution in [1.82, 2.24) is 4.31 Å². The molecule has 1 N–H and O–H groups in total. The first kappa shape index (κ1) is 15.8. The third-order valence-electron chi connectivity index (χ3n) is 3.03. The van der Waals surface area contributed by atoms with Crippen LogP contribution in [-0.4, -0.2) is 36.9 Å². The van der Waals surface area contributed by atoms with E-state index < -0.39 is 44.9 Å². The van der Waals surface area contributed by atoms with Gasteiger partial charge in [0.2, 0.25) is 10.0 Å². The molecule has 1 fully saturated rings. The summed E-state index contributed by atoms with van der Waals surface area (Å²) in [6, 6.07) is 0.484. The Bertz CT molecular complexity index is 650. The van der Waals surface area contributed by atoms with Crippen LogP contribution in [0.3, 0.4) is 0 Å². The molecule has 0 aliphatic heterocycles. The van der Waals surface area contributed by atoms with Crippen molar-refractivity contribution in [2.75, 3.05) is 13.1 Å². The number of carboxylic acids is 1. The molecule has 1 aliphatic rings. The number of nitrogens with zero attached hydrogens (tertiary/aromatic N) is 1. The molecule has 2 rings (SSSR count). The highest BCUT2D eigenvalue weighted by Gasteiger charge is 2.36. The Kier molecular flexibility index (Phi) is 4.24. The molecule has 0 saturated heterocycles. The van der Waals surface area contributed by atoms with E-state index in [-0.39, 0.29) is 24.6 Å². The van der Waals surface area contributed by atoms with E-state index in [0.717, 1.165) is 12.8 Å². The average Bonchev–Trinajstić information content (AvgIpc) is 3.09. The van der Waals surface area contributed by atoms with Crippen molar-refractivity contribution in [2.45, 2.75) is 17.7 Å². The first-order valence-electron chi connectivity index (χ1n) is 6.08. The minimum atomic E-state index is -4.69. The van der Waals surface area contributed by atoms with Gasteiger partial charge in [-0.3, -0.25) is 4.79 Å². The normalized spacial score (nSPS) is 15.4. The fraction of sp³-hybridized carbons (Fsp3) is 0.417. The first-order chi connectivity index (χ1) is 9.71. The molecule has 0 aromatic heterocycles. The van der Waals surface area contributed by atoms with Gasteiger partial charge in [-0.05, 0) is 18.8 Å². The lowest BCUT2D eigenvalue weighted by molar-refractivity contribution is -0.137. The molecular weight excluding hydrogens is 311 g/mol. The molecule has 9 heteroatoms. The molecule has 21 heavy (non-hydrogen) atoms. The molecule has 1 saturated carbocycles. The summed E-state index contributed by atoms with van der Waals surface area (Å²) >= 11 is 0. The van der Waals surface area contributed by atoms with E-state index in [9.17, 15) is 26.4 Å². The molecule has 0 spiro atoms. The molecule has 1 aromatic carbocycles. The minimum absolute atomic E-state index is 0.0225. The Morgan fingerprint density at radius 1 is 1.24 bits per heavy atom. The first-order valence-corrected chi connectivity index (χ1v) is 7.52. The third kappa shape index (κ3) is 3.53. The number of sulfonamides is 1. The van der Waals surface area contributed by atoms with Crippen molar-refractivity contribution in [2.24, 2.45) is 5.92 Å². The summed E-state index contributed by atoms with van der Waals surface area (Å²) in [5.74, 6) is -5.89. The van der Waals surface area contributed by atoms with Gasteiger partial charge in [-0.1, -0.05) is 0 Å². The summed E-state index contributed by atoms with van der Waals surface area (Å²) in [5.41, 5.74) is 0. The molecule has 1 aromatic rings. The van der Waals surface area contributed by atoms with Crippen molar-refractivity contribution in [3.63, 3.8) is 0 Å². The number of halogens is 3. The number of rotatable bonds is 6. The van der Waals surface area contributed by atoms with Gasteiger partial charge in [0.25, 0.3) is 0 Å². The average molecular weight is 323 g/mol. The largest absolute Gasteiger partial charge is 0.480 e. The molecule has 0 unspecified atom stereocenters. The van der Waals surface area contributed by atoms with Crippen molar-refractivity contribution < 1.29 is 31.5 Å². The zero-order valence-electron chi connectivity index (χ0n) is 10.7. The highest BCUT2D eigenvalue weighted by molar-refractivity contribution is 7.89. The number of hydrogen-bond donors (Lipinski definition) is 1. The van der Waals surface area contributed by atoms with Crippen LogP contribution in [0.25, 0.3) is 0 Å². The van der Waals surface area contributed by atoms with Crippen molar-refractivity contribution in [3.05, 3.63) is 29.6 Å². The third-order valence-corrected chi connectivity index (χ3v) is 4.90. The van der Waals surface area contributed by atoms with Crippen LogP contribution < -0.4 is 0 Å². The molecule has 0 heterocycles. The van der Waals surface area contributed by atoms with Crippen LogP contribution >= 0.6 is 0 Å². The second-order valence-corrected chi connectivity index (χ2v) is 6.71. The fourth-order valence-corrected chi connectivity index (χ4v) is 3.45. The number of carboxylic acid groups (broad SMARTS) is 1. The zero-order chi connectivity index (χ0) is 15.8. The van der Waals surface area contributed by atoms with E-state index in [4.69, 9.17) is 5.11 Å². The van der Waals surface area contributed by atoms with E-state index in [1.165, 1.54) is 0 Å². The van der Waals surface area contributed by atoms with Gasteiger partial charge < -0.3 is 5.11 Å². The maximum atomic E-state index is 13.6. The second kappa shape index (κ2) is 5.64. The molecule has 0 amide bonds. The minimum Gasteiger partial charge on any atom is -0.480 e. The topological polar surface area (TPSA) is 74.7 Å². The van der Waals surface area contributed by atoms with Crippen LogP contribution in [0.4, 0.5) is 13.2 Å². The predicted octanol–water partition coefficient (Wildman–Crippen LogP) is 1.59. The molecular formula is C12H12F3NO4S. The van der Waals surface area contributed by atoms with E-state index in [0.29, 0.717) is 4.31 Å². The number of benzene rings is 1. The van der Waals surface area contributed by atoms with Crippen LogP contribution in [0.2, 0.25) is 0 Å². The Labute approximate surface area is 119 Å². The highest BCUT2D eigenvalue weighted by Crippen LogP contribution is 2.32. The second-order valence-electron chi connectivity index (χ2n) is 4.83. The van der Waals surface area contributed by atoms with E-state index in [1.54, 1.807) is 0 Å². The van der Waals surface area contributed by atoms with E-state index in [1.807, 2.05) is 0 Å². The summed E-state index contributed by atoms with van der Waals surface area (Å²) in [7, 11) is -4.69. The standard InChI is InChI=1S/C12H12F3NO4S/c13-8-3-9(14)12(10(15)4-8)21(19,20)16(6-11(17)18)5-7-1-2-7/h3-4,7H,1-2,5-6H2,(H,17,18). The summed E-state index contributed by atoms with van der Waals surface area (Å²) in [6.07, 6.45) is 1.44. The smallest absolute Gasteiger partial charge is 0.318 e. The van der Waals surface area contributed by atoms with Gasteiger partial charge in [-0.25, -0.2) is 21.6 Å². The summed E-state index contributed by atoms with van der Waals surface area (Å²) < 4.78 is 65.1. The van der Waals surface area contributed by atoms with Gasteiger partial charge in [-0.15, -0.1) is 0 Å². The number of carbonyl (C=O) groups is 1. The summed E-state index contributed by atoms with van der Waals surface area (Å²) in [4.78, 5) is 9.43. The van der Waals surface area contributed by atoms with Gasteiger partial charge in [0.15, 0.2) is 4.90 Å². The van der Waals surface area contributed by atoms with Gasteiger partial charge in [-0.2, -0.15) is 4.31 Å².